The van der Waals surface area contributed by atoms with E-state index in [1.807, 2.05) is 18.2 Å². The number of para-hydroxylation sites is 1. The second-order valence-electron chi connectivity index (χ2n) is 7.24. The number of nitrogens with zero attached hydrogens (tertiary/aromatic N) is 1. The number of urea groups is 1. The first-order valence-corrected chi connectivity index (χ1v) is 9.25. The summed E-state index contributed by atoms with van der Waals surface area (Å²) in [6.07, 6.45) is 1.49. The van der Waals surface area contributed by atoms with Crippen molar-refractivity contribution in [3.63, 3.8) is 0 Å². The first kappa shape index (κ1) is 20.7. The van der Waals surface area contributed by atoms with E-state index in [1.54, 1.807) is 30.9 Å². The topological polar surface area (TPSA) is 117 Å². The lowest BCUT2D eigenvalue weighted by Gasteiger charge is -2.37. The van der Waals surface area contributed by atoms with Crippen LogP contribution in [0.5, 0.6) is 0 Å². The molecule has 27 heavy (non-hydrogen) atoms. The van der Waals surface area contributed by atoms with Gasteiger partial charge in [-0.3, -0.25) is 9.59 Å². The van der Waals surface area contributed by atoms with E-state index < -0.39 is 11.6 Å². The molecule has 1 unspecified atom stereocenters. The molecule has 1 aliphatic rings. The van der Waals surface area contributed by atoms with Gasteiger partial charge in [0.2, 0.25) is 11.8 Å². The highest BCUT2D eigenvalue weighted by molar-refractivity contribution is 5.95. The van der Waals surface area contributed by atoms with Crippen LogP contribution in [0.1, 0.15) is 26.7 Å². The number of nitrogens with two attached hydrogens (primary N) is 1. The number of benzene rings is 1. The standard InChI is InChI=1S/C19H29N5O3/c1-19(2,23-18(27)22-15-8-4-3-5-9-15)17(26)24-12-6-7-14(13-24)16(25)21-11-10-20/h3-5,8-9,14H,6-7,10-13,20H2,1-2H3,(H,21,25)(H2,22,23,27). The van der Waals surface area contributed by atoms with Crippen LogP contribution in [0.25, 0.3) is 0 Å². The molecule has 1 saturated heterocycles. The minimum atomic E-state index is -1.09. The predicted molar refractivity (Wildman–Crippen MR) is 104 cm³/mol. The summed E-state index contributed by atoms with van der Waals surface area (Å²) < 4.78 is 0. The molecule has 0 spiro atoms. The summed E-state index contributed by atoms with van der Waals surface area (Å²) in [4.78, 5) is 39.0. The maximum absolute atomic E-state index is 12.9. The van der Waals surface area contributed by atoms with Crippen LogP contribution in [0.15, 0.2) is 30.3 Å². The van der Waals surface area contributed by atoms with Gasteiger partial charge in [-0.1, -0.05) is 18.2 Å². The van der Waals surface area contributed by atoms with Gasteiger partial charge < -0.3 is 26.6 Å². The first-order chi connectivity index (χ1) is 12.8. The lowest BCUT2D eigenvalue weighted by atomic mass is 9.94. The monoisotopic (exact) mass is 375 g/mol. The van der Waals surface area contributed by atoms with E-state index >= 15 is 0 Å². The third kappa shape index (κ3) is 5.96. The smallest absolute Gasteiger partial charge is 0.320 e. The third-order valence-electron chi connectivity index (χ3n) is 4.52. The molecular formula is C19H29N5O3. The van der Waals surface area contributed by atoms with Crippen LogP contribution in [0.4, 0.5) is 10.5 Å². The summed E-state index contributed by atoms with van der Waals surface area (Å²) in [5.74, 6) is -0.532. The Labute approximate surface area is 159 Å². The second-order valence-corrected chi connectivity index (χ2v) is 7.24. The molecule has 1 aromatic carbocycles. The van der Waals surface area contributed by atoms with Crippen LogP contribution in [0, 0.1) is 5.92 Å². The Balaban J connectivity index is 1.93. The molecule has 2 rings (SSSR count). The average Bonchev–Trinajstić information content (AvgIpc) is 2.65. The van der Waals surface area contributed by atoms with E-state index in [2.05, 4.69) is 16.0 Å². The fourth-order valence-corrected chi connectivity index (χ4v) is 3.13. The zero-order chi connectivity index (χ0) is 19.9. The van der Waals surface area contributed by atoms with Crippen molar-refractivity contribution in [2.75, 3.05) is 31.5 Å². The molecule has 1 atom stereocenters. The van der Waals surface area contributed by atoms with Gasteiger partial charge in [-0.25, -0.2) is 4.79 Å². The summed E-state index contributed by atoms with van der Waals surface area (Å²) in [6, 6.07) is 8.57. The van der Waals surface area contributed by atoms with Crippen molar-refractivity contribution in [3.8, 4) is 0 Å². The SMILES string of the molecule is CC(C)(NC(=O)Nc1ccccc1)C(=O)N1CCCC(C(=O)NCCN)C1. The van der Waals surface area contributed by atoms with Gasteiger partial charge in [-0.2, -0.15) is 0 Å². The number of anilines is 1. The fraction of sp³-hybridized carbons (Fsp3) is 0.526. The Morgan fingerprint density at radius 3 is 2.59 bits per heavy atom. The number of amides is 4. The predicted octanol–water partition coefficient (Wildman–Crippen LogP) is 0.900. The first-order valence-electron chi connectivity index (χ1n) is 9.25. The van der Waals surface area contributed by atoms with Crippen LogP contribution < -0.4 is 21.7 Å². The van der Waals surface area contributed by atoms with Crippen LogP contribution in [0.2, 0.25) is 0 Å². The summed E-state index contributed by atoms with van der Waals surface area (Å²) in [5, 5.41) is 8.21. The highest BCUT2D eigenvalue weighted by Gasteiger charge is 2.37. The molecule has 148 valence electrons. The van der Waals surface area contributed by atoms with Crippen molar-refractivity contribution in [1.82, 2.24) is 15.5 Å². The van der Waals surface area contributed by atoms with Gasteiger partial charge in [0.15, 0.2) is 0 Å². The molecule has 8 heteroatoms. The van der Waals surface area contributed by atoms with Crippen molar-refractivity contribution in [2.24, 2.45) is 11.7 Å². The van der Waals surface area contributed by atoms with E-state index in [0.717, 1.165) is 12.8 Å². The molecular weight excluding hydrogens is 346 g/mol. The number of carbonyl (C=O) groups excluding carboxylic acids is 3. The van der Waals surface area contributed by atoms with E-state index in [0.29, 0.717) is 31.9 Å². The van der Waals surface area contributed by atoms with Gasteiger partial charge in [0.25, 0.3) is 0 Å². The zero-order valence-electron chi connectivity index (χ0n) is 16.0. The number of piperidine rings is 1. The zero-order valence-corrected chi connectivity index (χ0v) is 16.0. The number of rotatable bonds is 6. The van der Waals surface area contributed by atoms with Crippen LogP contribution in [0.3, 0.4) is 0 Å². The number of hydrogen-bond donors (Lipinski definition) is 4. The van der Waals surface area contributed by atoms with Gasteiger partial charge in [-0.05, 0) is 38.8 Å². The minimum Gasteiger partial charge on any atom is -0.355 e. The van der Waals surface area contributed by atoms with E-state index in [4.69, 9.17) is 5.73 Å². The van der Waals surface area contributed by atoms with Crippen molar-refractivity contribution in [2.45, 2.75) is 32.2 Å². The summed E-state index contributed by atoms with van der Waals surface area (Å²) >= 11 is 0. The van der Waals surface area contributed by atoms with Crippen LogP contribution >= 0.6 is 0 Å². The molecule has 5 N–H and O–H groups in total. The van der Waals surface area contributed by atoms with Crippen molar-refractivity contribution >= 4 is 23.5 Å². The molecule has 0 radical (unpaired) electrons. The van der Waals surface area contributed by atoms with E-state index in [1.165, 1.54) is 0 Å². The molecule has 0 aromatic heterocycles. The molecule has 8 nitrogen and oxygen atoms in total. The Morgan fingerprint density at radius 1 is 1.22 bits per heavy atom. The van der Waals surface area contributed by atoms with Crippen LogP contribution in [-0.4, -0.2) is 54.5 Å². The molecule has 0 saturated carbocycles. The fourth-order valence-electron chi connectivity index (χ4n) is 3.13. The lowest BCUT2D eigenvalue weighted by Crippen LogP contribution is -2.59. The lowest BCUT2D eigenvalue weighted by molar-refractivity contribution is -0.140. The average molecular weight is 375 g/mol. The Kier molecular flexibility index (Phi) is 7.18. The highest BCUT2D eigenvalue weighted by atomic mass is 16.2. The van der Waals surface area contributed by atoms with E-state index in [9.17, 15) is 14.4 Å². The number of nitrogens with one attached hydrogen (secondary N) is 3. The normalized spacial score (nSPS) is 17.1. The third-order valence-corrected chi connectivity index (χ3v) is 4.52. The quantitative estimate of drug-likeness (QED) is 0.591. The maximum Gasteiger partial charge on any atom is 0.320 e. The summed E-state index contributed by atoms with van der Waals surface area (Å²) in [5.41, 5.74) is 4.97. The van der Waals surface area contributed by atoms with Gasteiger partial charge in [0.1, 0.15) is 5.54 Å². The van der Waals surface area contributed by atoms with E-state index in [-0.39, 0.29) is 17.7 Å². The molecule has 1 aliphatic heterocycles. The van der Waals surface area contributed by atoms with Crippen molar-refractivity contribution in [3.05, 3.63) is 30.3 Å². The number of likely N-dealkylation sites (tertiary alicyclic amines) is 1. The summed E-state index contributed by atoms with van der Waals surface area (Å²) in [6.45, 7) is 5.06. The molecule has 1 aromatic rings. The van der Waals surface area contributed by atoms with Crippen LogP contribution in [-0.2, 0) is 9.59 Å². The largest absolute Gasteiger partial charge is 0.355 e. The molecule has 4 amide bonds. The molecule has 0 bridgehead atoms. The molecule has 0 aliphatic carbocycles. The maximum atomic E-state index is 12.9. The summed E-state index contributed by atoms with van der Waals surface area (Å²) in [7, 11) is 0. The van der Waals surface area contributed by atoms with Gasteiger partial charge in [0, 0.05) is 31.9 Å². The Bertz CT molecular complexity index is 663. The minimum absolute atomic E-state index is 0.0782. The number of hydrogen-bond acceptors (Lipinski definition) is 4. The van der Waals surface area contributed by atoms with Crippen molar-refractivity contribution < 1.29 is 14.4 Å². The molecule has 1 fully saturated rings. The van der Waals surface area contributed by atoms with Gasteiger partial charge >= 0.3 is 6.03 Å². The molecule has 1 heterocycles. The highest BCUT2D eigenvalue weighted by Crippen LogP contribution is 2.20. The Hall–Kier alpha value is -2.61. The van der Waals surface area contributed by atoms with Gasteiger partial charge in [-0.15, -0.1) is 0 Å². The van der Waals surface area contributed by atoms with Crippen molar-refractivity contribution in [1.29, 1.82) is 0 Å². The van der Waals surface area contributed by atoms with Gasteiger partial charge in [0.05, 0.1) is 5.92 Å². The number of carbonyl (C=O) groups is 3. The second kappa shape index (κ2) is 9.36. The Morgan fingerprint density at radius 2 is 1.93 bits per heavy atom.